The fourth-order valence-corrected chi connectivity index (χ4v) is 4.77. The second-order valence-electron chi connectivity index (χ2n) is 7.18. The lowest BCUT2D eigenvalue weighted by Crippen LogP contribution is -2.55. The molecule has 2 saturated carbocycles. The highest BCUT2D eigenvalue weighted by atomic mass is 16.7. The fraction of sp³-hybridized carbons (Fsp3) is 0.875. The average Bonchev–Trinajstić information content (AvgIpc) is 2.93. The van der Waals surface area contributed by atoms with Gasteiger partial charge in [0.25, 0.3) is 0 Å². The first-order chi connectivity index (χ1) is 10.3. The van der Waals surface area contributed by atoms with Crippen LogP contribution < -0.4 is 0 Å². The highest BCUT2D eigenvalue weighted by Gasteiger charge is 2.73. The van der Waals surface area contributed by atoms with E-state index in [9.17, 15) is 14.7 Å². The van der Waals surface area contributed by atoms with Crippen molar-refractivity contribution in [1.29, 1.82) is 0 Å². The first-order valence-electron chi connectivity index (χ1n) is 7.86. The van der Waals surface area contributed by atoms with Gasteiger partial charge >= 0.3 is 5.97 Å². The van der Waals surface area contributed by atoms with Crippen molar-refractivity contribution in [3.63, 3.8) is 0 Å². The minimum Gasteiger partial charge on any atom is -0.459 e. The second kappa shape index (κ2) is 5.01. The number of rotatable bonds is 4. The summed E-state index contributed by atoms with van der Waals surface area (Å²) in [6.45, 7) is 3.26. The summed E-state index contributed by atoms with van der Waals surface area (Å²) in [5, 5.41) is 10.6. The molecule has 0 aromatic carbocycles. The topological polar surface area (TPSA) is 82.1 Å². The Labute approximate surface area is 130 Å². The van der Waals surface area contributed by atoms with Gasteiger partial charge in [-0.15, -0.1) is 0 Å². The van der Waals surface area contributed by atoms with Crippen molar-refractivity contribution in [2.45, 2.75) is 63.3 Å². The second-order valence-corrected chi connectivity index (χ2v) is 7.18. The highest BCUT2D eigenvalue weighted by molar-refractivity contribution is 5.87. The van der Waals surface area contributed by atoms with E-state index in [0.29, 0.717) is 32.1 Å². The molecule has 0 unspecified atom stereocenters. The van der Waals surface area contributed by atoms with E-state index in [4.69, 9.17) is 14.2 Å². The van der Waals surface area contributed by atoms with Crippen LogP contribution >= 0.6 is 0 Å². The summed E-state index contributed by atoms with van der Waals surface area (Å²) < 4.78 is 16.6. The molecular formula is C16H24O6. The van der Waals surface area contributed by atoms with Gasteiger partial charge < -0.3 is 19.3 Å². The maximum atomic E-state index is 12.7. The third kappa shape index (κ3) is 1.90. The molecule has 2 aliphatic carbocycles. The van der Waals surface area contributed by atoms with E-state index < -0.39 is 22.7 Å². The molecule has 0 radical (unpaired) electrons. The number of hydrogen-bond donors (Lipinski definition) is 1. The normalized spacial score (nSPS) is 47.0. The zero-order valence-corrected chi connectivity index (χ0v) is 13.4. The smallest absolute Gasteiger partial charge is 0.315 e. The van der Waals surface area contributed by atoms with Gasteiger partial charge in [0.1, 0.15) is 24.1 Å². The predicted molar refractivity (Wildman–Crippen MR) is 75.9 cm³/mol. The highest BCUT2D eigenvalue weighted by Crippen LogP contribution is 2.63. The Balaban J connectivity index is 2.10. The number of hydrogen-bond acceptors (Lipinski definition) is 6. The molecule has 2 bridgehead atoms. The lowest BCUT2D eigenvalue weighted by molar-refractivity contribution is -0.208. The summed E-state index contributed by atoms with van der Waals surface area (Å²) in [5.41, 5.74) is -2.86. The Hall–Kier alpha value is -0.980. The Bertz CT molecular complexity index is 501. The van der Waals surface area contributed by atoms with Crippen LogP contribution in [0.3, 0.4) is 0 Å². The average molecular weight is 312 g/mol. The summed E-state index contributed by atoms with van der Waals surface area (Å²) in [6.07, 6.45) is 1.94. The van der Waals surface area contributed by atoms with Crippen LogP contribution in [0, 0.1) is 11.3 Å². The Morgan fingerprint density at radius 3 is 2.77 bits per heavy atom. The van der Waals surface area contributed by atoms with Crippen LogP contribution in [0.4, 0.5) is 0 Å². The first kappa shape index (κ1) is 15.9. The molecule has 3 rings (SSSR count). The van der Waals surface area contributed by atoms with Gasteiger partial charge in [0.2, 0.25) is 0 Å². The monoisotopic (exact) mass is 312 g/mol. The maximum absolute atomic E-state index is 12.7. The third-order valence-electron chi connectivity index (χ3n) is 6.03. The Kier molecular flexibility index (Phi) is 3.62. The van der Waals surface area contributed by atoms with Crippen molar-refractivity contribution < 1.29 is 28.9 Å². The van der Waals surface area contributed by atoms with Crippen LogP contribution in [0.5, 0.6) is 0 Å². The molecule has 6 heteroatoms. The van der Waals surface area contributed by atoms with Crippen LogP contribution in [0.1, 0.15) is 46.0 Å². The van der Waals surface area contributed by atoms with E-state index in [1.54, 1.807) is 13.8 Å². The number of aliphatic hydroxyl groups is 1. The van der Waals surface area contributed by atoms with E-state index in [1.165, 1.54) is 7.11 Å². The molecular weight excluding hydrogens is 288 g/mol. The number of carbonyl (C=O) groups is 2. The molecule has 0 aromatic rings. The quantitative estimate of drug-likeness (QED) is 0.620. The van der Waals surface area contributed by atoms with Gasteiger partial charge in [0.05, 0.1) is 11.2 Å². The molecule has 1 N–H and O–H groups in total. The maximum Gasteiger partial charge on any atom is 0.315 e. The van der Waals surface area contributed by atoms with Crippen LogP contribution in [-0.2, 0) is 23.8 Å². The molecule has 22 heavy (non-hydrogen) atoms. The molecule has 124 valence electrons. The number of fused-ring (bicyclic) bond motifs is 1. The number of carbonyl (C=O) groups excluding carboxylic acids is 2. The molecule has 0 amide bonds. The Morgan fingerprint density at radius 2 is 2.14 bits per heavy atom. The van der Waals surface area contributed by atoms with E-state index >= 15 is 0 Å². The molecule has 5 atom stereocenters. The summed E-state index contributed by atoms with van der Waals surface area (Å²) >= 11 is 0. The number of esters is 1. The van der Waals surface area contributed by atoms with E-state index in [1.807, 2.05) is 0 Å². The lowest BCUT2D eigenvalue weighted by Gasteiger charge is -2.43. The van der Waals surface area contributed by atoms with Crippen molar-refractivity contribution in [3.8, 4) is 0 Å². The minimum atomic E-state index is -1.09. The van der Waals surface area contributed by atoms with E-state index in [-0.39, 0.29) is 24.5 Å². The van der Waals surface area contributed by atoms with Gasteiger partial charge in [-0.1, -0.05) is 0 Å². The molecule has 6 nitrogen and oxygen atoms in total. The van der Waals surface area contributed by atoms with E-state index in [0.717, 1.165) is 0 Å². The molecule has 1 heterocycles. The van der Waals surface area contributed by atoms with Gasteiger partial charge in [-0.2, -0.15) is 0 Å². The van der Waals surface area contributed by atoms with Gasteiger partial charge in [-0.3, -0.25) is 9.59 Å². The standard InChI is InChI=1S/C16H24O6/c1-10(17)11-4-5-15-8-12(22-13(15)18)14(2,19)6-7-16(11,15)21-9-20-3/h11-12,19H,4-9H2,1-3H3/t11-,12-,14-,15-,16-/m0/s1. The summed E-state index contributed by atoms with van der Waals surface area (Å²) in [4.78, 5) is 24.9. The van der Waals surface area contributed by atoms with E-state index in [2.05, 4.69) is 0 Å². The number of Topliss-reactive ketones (excluding diaryl/α,β-unsaturated/α-hetero) is 1. The molecule has 3 fully saturated rings. The fourth-order valence-electron chi connectivity index (χ4n) is 4.77. The summed E-state index contributed by atoms with van der Waals surface area (Å²) in [7, 11) is 1.52. The van der Waals surface area contributed by atoms with Crippen molar-refractivity contribution in [2.75, 3.05) is 13.9 Å². The Morgan fingerprint density at radius 1 is 1.41 bits per heavy atom. The number of ketones is 1. The van der Waals surface area contributed by atoms with Crippen molar-refractivity contribution in [2.24, 2.45) is 11.3 Å². The number of methoxy groups -OCH3 is 1. The lowest BCUT2D eigenvalue weighted by atomic mass is 9.68. The van der Waals surface area contributed by atoms with Gasteiger partial charge in [-0.25, -0.2) is 0 Å². The van der Waals surface area contributed by atoms with Crippen LogP contribution in [0.15, 0.2) is 0 Å². The van der Waals surface area contributed by atoms with Gasteiger partial charge in [0, 0.05) is 19.4 Å². The zero-order chi connectivity index (χ0) is 16.2. The SMILES string of the molecule is COCO[C@]12CC[C@](C)(O)[C@@H]3C[C@@]1(CC[C@H]2C(C)=O)C(=O)O3. The third-order valence-corrected chi connectivity index (χ3v) is 6.03. The molecule has 1 aliphatic heterocycles. The predicted octanol–water partition coefficient (Wildman–Crippen LogP) is 1.19. The first-order valence-corrected chi connectivity index (χ1v) is 7.86. The van der Waals surface area contributed by atoms with Gasteiger partial charge in [-0.05, 0) is 39.5 Å². The van der Waals surface area contributed by atoms with Crippen molar-refractivity contribution >= 4 is 11.8 Å². The molecule has 0 aromatic heterocycles. The van der Waals surface area contributed by atoms with Crippen molar-refractivity contribution in [1.82, 2.24) is 0 Å². The summed E-state index contributed by atoms with van der Waals surface area (Å²) in [5.74, 6) is -0.675. The molecule has 3 aliphatic rings. The van der Waals surface area contributed by atoms with Gasteiger partial charge in [0.15, 0.2) is 0 Å². The largest absolute Gasteiger partial charge is 0.459 e. The molecule has 1 spiro atoms. The van der Waals surface area contributed by atoms with Crippen LogP contribution in [-0.4, -0.2) is 48.1 Å². The van der Waals surface area contributed by atoms with Crippen LogP contribution in [0.2, 0.25) is 0 Å². The van der Waals surface area contributed by atoms with Crippen LogP contribution in [0.25, 0.3) is 0 Å². The minimum absolute atomic E-state index is 0.0192. The molecule has 1 saturated heterocycles. The zero-order valence-electron chi connectivity index (χ0n) is 13.4. The summed E-state index contributed by atoms with van der Waals surface area (Å²) in [6, 6.07) is 0. The number of ether oxygens (including phenoxy) is 3. The van der Waals surface area contributed by atoms with Crippen molar-refractivity contribution in [3.05, 3.63) is 0 Å².